The molecule has 0 saturated heterocycles. The summed E-state index contributed by atoms with van der Waals surface area (Å²) in [4.78, 5) is 12.9. The molecule has 0 atom stereocenters. The lowest BCUT2D eigenvalue weighted by atomic mass is 9.96. The van der Waals surface area contributed by atoms with Gasteiger partial charge in [0.15, 0.2) is 15.6 Å². The molecule has 0 aliphatic heterocycles. The van der Waals surface area contributed by atoms with E-state index in [1.807, 2.05) is 0 Å². The highest BCUT2D eigenvalue weighted by Gasteiger charge is 2.32. The molecule has 0 spiro atoms. The van der Waals surface area contributed by atoms with Crippen molar-refractivity contribution in [3.05, 3.63) is 84.6 Å². The Balaban J connectivity index is 1.61. The maximum Gasteiger partial charge on any atom is 0.573 e. The number of aromatic nitrogens is 1. The summed E-state index contributed by atoms with van der Waals surface area (Å²) >= 11 is 0. The number of alkyl halides is 3. The van der Waals surface area contributed by atoms with E-state index in [9.17, 15) is 26.4 Å². The standard InChI is InChI=1S/C26H21F3N2O5S/c1-2-37(33,34)19-10-7-17(8-11-19)15-25(32)31-18-9-12-20(22(16-18)24-13-14-30-36-24)21-5-3-4-6-23(21)35-26(27,28)29/h3-14,16H,2,15H2,1H3,(H,31,32). The summed E-state index contributed by atoms with van der Waals surface area (Å²) in [6.45, 7) is 1.55. The molecular formula is C26H21F3N2O5S. The molecule has 0 aliphatic rings. The van der Waals surface area contributed by atoms with Gasteiger partial charge in [-0.15, -0.1) is 13.2 Å². The fraction of sp³-hybridized carbons (Fsp3) is 0.154. The Morgan fingerprint density at radius 2 is 1.70 bits per heavy atom. The maximum atomic E-state index is 13.0. The van der Waals surface area contributed by atoms with Crippen LogP contribution in [0.5, 0.6) is 5.75 Å². The van der Waals surface area contributed by atoms with E-state index in [2.05, 4.69) is 15.2 Å². The van der Waals surface area contributed by atoms with Crippen molar-refractivity contribution in [2.24, 2.45) is 0 Å². The molecule has 3 aromatic carbocycles. The molecule has 1 amide bonds. The molecule has 0 bridgehead atoms. The van der Waals surface area contributed by atoms with Gasteiger partial charge in [0.2, 0.25) is 5.91 Å². The Labute approximate surface area is 210 Å². The highest BCUT2D eigenvalue weighted by atomic mass is 32.2. The number of ether oxygens (including phenoxy) is 1. The van der Waals surface area contributed by atoms with Gasteiger partial charge in [0.25, 0.3) is 0 Å². The van der Waals surface area contributed by atoms with Crippen molar-refractivity contribution in [1.29, 1.82) is 0 Å². The molecule has 192 valence electrons. The average molecular weight is 531 g/mol. The van der Waals surface area contributed by atoms with Gasteiger partial charge in [-0.2, -0.15) is 0 Å². The van der Waals surface area contributed by atoms with Crippen LogP contribution in [0, 0.1) is 0 Å². The van der Waals surface area contributed by atoms with Crippen LogP contribution in [0.25, 0.3) is 22.5 Å². The van der Waals surface area contributed by atoms with E-state index in [0.29, 0.717) is 22.4 Å². The van der Waals surface area contributed by atoms with Crippen LogP contribution < -0.4 is 10.1 Å². The van der Waals surface area contributed by atoms with Crippen molar-refractivity contribution >= 4 is 21.4 Å². The van der Waals surface area contributed by atoms with E-state index in [4.69, 9.17) is 4.52 Å². The van der Waals surface area contributed by atoms with Crippen LogP contribution in [0.2, 0.25) is 0 Å². The number of amides is 1. The minimum absolute atomic E-state index is 0.0197. The number of benzene rings is 3. The van der Waals surface area contributed by atoms with Crippen LogP contribution in [-0.2, 0) is 21.1 Å². The second-order valence-electron chi connectivity index (χ2n) is 7.95. The fourth-order valence-electron chi connectivity index (χ4n) is 3.69. The summed E-state index contributed by atoms with van der Waals surface area (Å²) in [7, 11) is -3.34. The Morgan fingerprint density at radius 3 is 2.35 bits per heavy atom. The number of halogens is 3. The SMILES string of the molecule is CCS(=O)(=O)c1ccc(CC(=O)Nc2ccc(-c3ccccc3OC(F)(F)F)c(-c3ccno3)c2)cc1. The minimum Gasteiger partial charge on any atom is -0.405 e. The smallest absolute Gasteiger partial charge is 0.405 e. The van der Waals surface area contributed by atoms with Gasteiger partial charge in [0.05, 0.1) is 23.3 Å². The number of carbonyl (C=O) groups excluding carboxylic acids is 1. The first kappa shape index (κ1) is 26.0. The molecule has 4 aromatic rings. The van der Waals surface area contributed by atoms with Gasteiger partial charge < -0.3 is 14.6 Å². The molecule has 1 heterocycles. The molecule has 0 fully saturated rings. The number of nitrogens with one attached hydrogen (secondary N) is 1. The van der Waals surface area contributed by atoms with Crippen LogP contribution in [0.3, 0.4) is 0 Å². The van der Waals surface area contributed by atoms with Gasteiger partial charge in [0.1, 0.15) is 5.75 Å². The molecule has 0 saturated carbocycles. The molecule has 11 heteroatoms. The van der Waals surface area contributed by atoms with Gasteiger partial charge in [-0.25, -0.2) is 8.42 Å². The van der Waals surface area contributed by atoms with Crippen LogP contribution in [-0.4, -0.2) is 31.6 Å². The summed E-state index contributed by atoms with van der Waals surface area (Å²) in [6, 6.07) is 18.0. The minimum atomic E-state index is -4.88. The monoisotopic (exact) mass is 530 g/mol. The van der Waals surface area contributed by atoms with Crippen molar-refractivity contribution in [3.8, 4) is 28.2 Å². The molecule has 0 radical (unpaired) electrons. The Hall–Kier alpha value is -4.12. The van der Waals surface area contributed by atoms with Crippen molar-refractivity contribution in [2.75, 3.05) is 11.1 Å². The van der Waals surface area contributed by atoms with Crippen LogP contribution in [0.1, 0.15) is 12.5 Å². The zero-order valence-electron chi connectivity index (χ0n) is 19.5. The number of sulfone groups is 1. The lowest BCUT2D eigenvalue weighted by Crippen LogP contribution is -2.17. The molecule has 1 N–H and O–H groups in total. The topological polar surface area (TPSA) is 98.5 Å². The van der Waals surface area contributed by atoms with Gasteiger partial charge in [0, 0.05) is 22.9 Å². The first-order valence-corrected chi connectivity index (χ1v) is 12.7. The normalized spacial score (nSPS) is 11.8. The van der Waals surface area contributed by atoms with Gasteiger partial charge in [-0.1, -0.05) is 48.5 Å². The van der Waals surface area contributed by atoms with E-state index < -0.39 is 16.2 Å². The van der Waals surface area contributed by atoms with Crippen molar-refractivity contribution in [2.45, 2.75) is 24.6 Å². The zero-order valence-corrected chi connectivity index (χ0v) is 20.3. The van der Waals surface area contributed by atoms with Crippen LogP contribution >= 0.6 is 0 Å². The third-order valence-electron chi connectivity index (χ3n) is 5.44. The average Bonchev–Trinajstić information content (AvgIpc) is 3.39. The number of para-hydroxylation sites is 1. The number of anilines is 1. The molecule has 0 aliphatic carbocycles. The fourth-order valence-corrected chi connectivity index (χ4v) is 4.57. The molecule has 7 nitrogen and oxygen atoms in total. The summed E-state index contributed by atoms with van der Waals surface area (Å²) in [5.41, 5.74) is 1.92. The summed E-state index contributed by atoms with van der Waals surface area (Å²) in [6.07, 6.45) is -3.51. The van der Waals surface area contributed by atoms with Gasteiger partial charge in [-0.3, -0.25) is 4.79 Å². The Bertz CT molecular complexity index is 1500. The third-order valence-corrected chi connectivity index (χ3v) is 7.19. The lowest BCUT2D eigenvalue weighted by Gasteiger charge is -2.16. The Morgan fingerprint density at radius 1 is 0.973 bits per heavy atom. The molecule has 37 heavy (non-hydrogen) atoms. The highest BCUT2D eigenvalue weighted by Crippen LogP contribution is 2.40. The van der Waals surface area contributed by atoms with E-state index in [-0.39, 0.29) is 40.0 Å². The molecular weight excluding hydrogens is 509 g/mol. The summed E-state index contributed by atoms with van der Waals surface area (Å²) in [5, 5.41) is 6.43. The largest absolute Gasteiger partial charge is 0.573 e. The maximum absolute atomic E-state index is 13.0. The van der Waals surface area contributed by atoms with E-state index in [0.717, 1.165) is 0 Å². The van der Waals surface area contributed by atoms with Crippen LogP contribution in [0.4, 0.5) is 18.9 Å². The predicted molar refractivity (Wildman–Crippen MR) is 131 cm³/mol. The zero-order chi connectivity index (χ0) is 26.6. The predicted octanol–water partition coefficient (Wildman–Crippen LogP) is 5.88. The first-order chi connectivity index (χ1) is 17.6. The van der Waals surface area contributed by atoms with Gasteiger partial charge >= 0.3 is 6.36 Å². The second kappa shape index (κ2) is 10.5. The second-order valence-corrected chi connectivity index (χ2v) is 10.2. The molecule has 0 unspecified atom stereocenters. The first-order valence-electron chi connectivity index (χ1n) is 11.1. The number of hydrogen-bond acceptors (Lipinski definition) is 6. The molecule has 4 rings (SSSR count). The van der Waals surface area contributed by atoms with E-state index in [1.165, 1.54) is 36.5 Å². The number of hydrogen-bond donors (Lipinski definition) is 1. The van der Waals surface area contributed by atoms with Crippen LogP contribution in [0.15, 0.2) is 88.4 Å². The van der Waals surface area contributed by atoms with Crippen molar-refractivity contribution in [3.63, 3.8) is 0 Å². The third kappa shape index (κ3) is 6.36. The van der Waals surface area contributed by atoms with Crippen molar-refractivity contribution < 1.29 is 35.6 Å². The van der Waals surface area contributed by atoms with E-state index >= 15 is 0 Å². The quantitative estimate of drug-likeness (QED) is 0.305. The Kier molecular flexibility index (Phi) is 7.35. The number of nitrogens with zero attached hydrogens (tertiary/aromatic N) is 1. The highest BCUT2D eigenvalue weighted by molar-refractivity contribution is 7.91. The summed E-state index contributed by atoms with van der Waals surface area (Å²) < 4.78 is 72.3. The number of rotatable bonds is 8. The van der Waals surface area contributed by atoms with Crippen molar-refractivity contribution in [1.82, 2.24) is 5.16 Å². The molecule has 1 aromatic heterocycles. The van der Waals surface area contributed by atoms with E-state index in [1.54, 1.807) is 49.4 Å². The van der Waals surface area contributed by atoms with Gasteiger partial charge in [-0.05, 0) is 41.5 Å². The lowest BCUT2D eigenvalue weighted by molar-refractivity contribution is -0.274. The number of carbonyl (C=O) groups is 1. The summed E-state index contributed by atoms with van der Waals surface area (Å²) in [5.74, 6) is -0.506.